The van der Waals surface area contributed by atoms with Gasteiger partial charge in [0.05, 0.1) is 21.1 Å². The first-order chi connectivity index (χ1) is 6.81. The Morgan fingerprint density at radius 1 is 1.40 bits per heavy atom. The van der Waals surface area contributed by atoms with Crippen molar-refractivity contribution in [2.45, 2.75) is 32.2 Å². The third-order valence-corrected chi connectivity index (χ3v) is 2.07. The summed E-state index contributed by atoms with van der Waals surface area (Å²) in [6, 6.07) is 0.170. The number of nitrogens with zero attached hydrogens (tertiary/aromatic N) is 1. The summed E-state index contributed by atoms with van der Waals surface area (Å²) in [6.45, 7) is 3.29. The molecule has 0 aliphatic heterocycles. The summed E-state index contributed by atoms with van der Waals surface area (Å²) in [6.07, 6.45) is 2.18. The monoisotopic (exact) mass is 217 g/mol. The molecule has 0 amide bonds. The fourth-order valence-electron chi connectivity index (χ4n) is 1.07. The van der Waals surface area contributed by atoms with Gasteiger partial charge in [-0.1, -0.05) is 0 Å². The first kappa shape index (κ1) is 14.4. The molecular formula is C11H25N2O2+. The maximum absolute atomic E-state index is 11.2. The van der Waals surface area contributed by atoms with Crippen molar-refractivity contribution >= 4 is 5.97 Å². The highest BCUT2D eigenvalue weighted by Crippen LogP contribution is 2.00. The number of nitrogens with two attached hydrogens (primary N) is 1. The van der Waals surface area contributed by atoms with Gasteiger partial charge >= 0.3 is 5.97 Å². The first-order valence-electron chi connectivity index (χ1n) is 5.53. The zero-order valence-electron chi connectivity index (χ0n) is 10.5. The average molecular weight is 217 g/mol. The van der Waals surface area contributed by atoms with E-state index < -0.39 is 0 Å². The first-order valence-corrected chi connectivity index (χ1v) is 5.53. The minimum atomic E-state index is -0.107. The van der Waals surface area contributed by atoms with E-state index >= 15 is 0 Å². The number of ether oxygens (including phenoxy) is 1. The van der Waals surface area contributed by atoms with E-state index in [1.165, 1.54) is 0 Å². The Bertz CT molecular complexity index is 186. The van der Waals surface area contributed by atoms with E-state index in [1.807, 2.05) is 6.92 Å². The molecule has 15 heavy (non-hydrogen) atoms. The zero-order chi connectivity index (χ0) is 11.9. The van der Waals surface area contributed by atoms with E-state index in [0.717, 1.165) is 23.9 Å². The maximum Gasteiger partial charge on any atom is 0.305 e. The Kier molecular flexibility index (Phi) is 6.52. The predicted molar refractivity (Wildman–Crippen MR) is 61.4 cm³/mol. The molecule has 2 N–H and O–H groups in total. The molecule has 4 nitrogen and oxygen atoms in total. The quantitative estimate of drug-likeness (QED) is 0.506. The fraction of sp³-hybridized carbons (Fsp3) is 0.909. The maximum atomic E-state index is 11.2. The highest BCUT2D eigenvalue weighted by atomic mass is 16.5. The van der Waals surface area contributed by atoms with E-state index in [0.29, 0.717) is 13.0 Å². The summed E-state index contributed by atoms with van der Waals surface area (Å²) in [5.41, 5.74) is 5.58. The molecule has 1 atom stereocenters. The number of hydrogen-bond donors (Lipinski definition) is 1. The summed E-state index contributed by atoms with van der Waals surface area (Å²) in [7, 11) is 6.22. The molecule has 0 rings (SSSR count). The van der Waals surface area contributed by atoms with Crippen LogP contribution in [0.25, 0.3) is 0 Å². The third-order valence-electron chi connectivity index (χ3n) is 2.07. The van der Waals surface area contributed by atoms with Gasteiger partial charge in [0.2, 0.25) is 0 Å². The molecule has 0 spiro atoms. The second-order valence-corrected chi connectivity index (χ2v) is 5.10. The van der Waals surface area contributed by atoms with Gasteiger partial charge in [-0.05, 0) is 19.8 Å². The third kappa shape index (κ3) is 11.3. The molecule has 0 radical (unpaired) electrons. The molecule has 0 aromatic heterocycles. The van der Waals surface area contributed by atoms with Gasteiger partial charge < -0.3 is 15.0 Å². The lowest BCUT2D eigenvalue weighted by atomic mass is 10.1. The molecule has 4 heteroatoms. The van der Waals surface area contributed by atoms with Crippen molar-refractivity contribution in [1.29, 1.82) is 0 Å². The van der Waals surface area contributed by atoms with E-state index in [-0.39, 0.29) is 12.0 Å². The van der Waals surface area contributed by atoms with Crippen molar-refractivity contribution in [2.75, 3.05) is 34.3 Å². The number of hydrogen-bond acceptors (Lipinski definition) is 3. The molecule has 0 aliphatic rings. The standard InChI is InChI=1S/C11H25N2O2/c1-10(12)6-5-7-11(14)15-9-8-13(2,3)4/h10H,5-9,12H2,1-4H3/q+1. The van der Waals surface area contributed by atoms with Crippen molar-refractivity contribution in [3.8, 4) is 0 Å². The molecule has 0 saturated carbocycles. The average Bonchev–Trinajstić information content (AvgIpc) is 2.00. The lowest BCUT2D eigenvalue weighted by molar-refractivity contribution is -0.870. The number of quaternary nitrogens is 1. The fourth-order valence-corrected chi connectivity index (χ4v) is 1.07. The van der Waals surface area contributed by atoms with Crippen LogP contribution in [0.3, 0.4) is 0 Å². The molecule has 0 bridgehead atoms. The summed E-state index contributed by atoms with van der Waals surface area (Å²) in [5, 5.41) is 0. The molecular weight excluding hydrogens is 192 g/mol. The van der Waals surface area contributed by atoms with Gasteiger partial charge in [-0.25, -0.2) is 0 Å². The van der Waals surface area contributed by atoms with E-state index in [4.69, 9.17) is 10.5 Å². The van der Waals surface area contributed by atoms with Crippen LogP contribution in [0.1, 0.15) is 26.2 Å². The Labute approximate surface area is 93.0 Å². The molecule has 0 aromatic rings. The molecule has 0 aromatic carbocycles. The topological polar surface area (TPSA) is 52.3 Å². The van der Waals surface area contributed by atoms with Gasteiger partial charge in [-0.2, -0.15) is 0 Å². The largest absolute Gasteiger partial charge is 0.460 e. The summed E-state index contributed by atoms with van der Waals surface area (Å²) in [4.78, 5) is 11.2. The molecule has 0 fully saturated rings. The van der Waals surface area contributed by atoms with Crippen LogP contribution in [0.2, 0.25) is 0 Å². The lowest BCUT2D eigenvalue weighted by Gasteiger charge is -2.23. The van der Waals surface area contributed by atoms with E-state index in [2.05, 4.69) is 21.1 Å². The molecule has 0 aliphatic carbocycles. The Balaban J connectivity index is 3.42. The summed E-state index contributed by atoms with van der Waals surface area (Å²) in [5.74, 6) is -0.107. The molecule has 1 unspecified atom stereocenters. The van der Waals surface area contributed by atoms with Crippen molar-refractivity contribution in [3.63, 3.8) is 0 Å². The second-order valence-electron chi connectivity index (χ2n) is 5.10. The van der Waals surface area contributed by atoms with E-state index in [9.17, 15) is 4.79 Å². The van der Waals surface area contributed by atoms with Gasteiger partial charge in [0.15, 0.2) is 0 Å². The minimum absolute atomic E-state index is 0.107. The number of carbonyl (C=O) groups is 1. The van der Waals surface area contributed by atoms with Crippen LogP contribution in [-0.4, -0.2) is 50.8 Å². The minimum Gasteiger partial charge on any atom is -0.460 e. The number of esters is 1. The highest BCUT2D eigenvalue weighted by molar-refractivity contribution is 5.69. The molecule has 90 valence electrons. The van der Waals surface area contributed by atoms with Crippen LogP contribution >= 0.6 is 0 Å². The Morgan fingerprint density at radius 2 is 2.00 bits per heavy atom. The van der Waals surface area contributed by atoms with Crippen molar-refractivity contribution < 1.29 is 14.0 Å². The smallest absolute Gasteiger partial charge is 0.305 e. The van der Waals surface area contributed by atoms with Crippen LogP contribution in [0.5, 0.6) is 0 Å². The highest BCUT2D eigenvalue weighted by Gasteiger charge is 2.09. The molecule has 0 heterocycles. The van der Waals surface area contributed by atoms with E-state index in [1.54, 1.807) is 0 Å². The Hall–Kier alpha value is -0.610. The summed E-state index contributed by atoms with van der Waals surface area (Å²) < 4.78 is 5.92. The number of likely N-dealkylation sites (N-methyl/N-ethyl adjacent to an activating group) is 1. The van der Waals surface area contributed by atoms with Crippen LogP contribution in [-0.2, 0) is 9.53 Å². The van der Waals surface area contributed by atoms with Crippen molar-refractivity contribution in [3.05, 3.63) is 0 Å². The van der Waals surface area contributed by atoms with Crippen LogP contribution in [0.15, 0.2) is 0 Å². The zero-order valence-corrected chi connectivity index (χ0v) is 10.5. The summed E-state index contributed by atoms with van der Waals surface area (Å²) >= 11 is 0. The van der Waals surface area contributed by atoms with Crippen molar-refractivity contribution in [2.24, 2.45) is 5.73 Å². The number of rotatable bonds is 7. The van der Waals surface area contributed by atoms with Crippen LogP contribution in [0, 0.1) is 0 Å². The Morgan fingerprint density at radius 3 is 2.47 bits per heavy atom. The number of carbonyl (C=O) groups excluding carboxylic acids is 1. The van der Waals surface area contributed by atoms with Crippen LogP contribution in [0.4, 0.5) is 0 Å². The van der Waals surface area contributed by atoms with Gasteiger partial charge in [0.25, 0.3) is 0 Å². The second kappa shape index (κ2) is 6.80. The SMILES string of the molecule is CC(N)CCCC(=O)OCC[N+](C)(C)C. The van der Waals surface area contributed by atoms with Gasteiger partial charge in [-0.3, -0.25) is 4.79 Å². The van der Waals surface area contributed by atoms with Gasteiger partial charge in [0, 0.05) is 12.5 Å². The normalized spacial score (nSPS) is 13.7. The van der Waals surface area contributed by atoms with Gasteiger partial charge in [-0.15, -0.1) is 0 Å². The lowest BCUT2D eigenvalue weighted by Crippen LogP contribution is -2.38. The van der Waals surface area contributed by atoms with Crippen LogP contribution < -0.4 is 5.73 Å². The predicted octanol–water partition coefficient (Wildman–Crippen LogP) is 0.753. The molecule has 0 saturated heterocycles. The van der Waals surface area contributed by atoms with Crippen molar-refractivity contribution in [1.82, 2.24) is 0 Å². The van der Waals surface area contributed by atoms with Gasteiger partial charge in [0.1, 0.15) is 13.2 Å².